The predicted octanol–water partition coefficient (Wildman–Crippen LogP) is 1.69. The summed E-state index contributed by atoms with van der Waals surface area (Å²) >= 11 is 1.46. The van der Waals surface area contributed by atoms with E-state index in [1.165, 1.54) is 22.7 Å². The van der Waals surface area contributed by atoms with E-state index in [2.05, 4.69) is 0 Å². The van der Waals surface area contributed by atoms with E-state index in [1.807, 2.05) is 30.3 Å². The predicted molar refractivity (Wildman–Crippen MR) is 71.1 cm³/mol. The Balaban J connectivity index is 2.04. The molecule has 1 heterocycles. The molecule has 94 valence electrons. The molecule has 1 fully saturated rings. The molecule has 1 aliphatic rings. The molecule has 0 aliphatic carbocycles. The molecule has 0 bridgehead atoms. The lowest BCUT2D eigenvalue weighted by atomic mass is 10.2. The Bertz CT molecular complexity index is 472. The van der Waals surface area contributed by atoms with Gasteiger partial charge in [-0.1, -0.05) is 30.3 Å². The lowest BCUT2D eigenvalue weighted by Gasteiger charge is -2.18. The smallest absolute Gasteiger partial charge is 0.327 e. The Kier molecular flexibility index (Phi) is 4.04. The van der Waals surface area contributed by atoms with Gasteiger partial charge < -0.3 is 10.0 Å². The van der Waals surface area contributed by atoms with Gasteiger partial charge in [0.2, 0.25) is 5.91 Å². The van der Waals surface area contributed by atoms with Gasteiger partial charge in [-0.2, -0.15) is 0 Å². The fourth-order valence-electron chi connectivity index (χ4n) is 1.69. The Hall–Kier alpha value is -1.75. The highest BCUT2D eigenvalue weighted by atomic mass is 32.2. The molecular formula is C13H13NO3S. The lowest BCUT2D eigenvalue weighted by Crippen LogP contribution is -2.40. The first-order valence-corrected chi connectivity index (χ1v) is 6.68. The number of hydrogen-bond donors (Lipinski definition) is 1. The van der Waals surface area contributed by atoms with E-state index in [1.54, 1.807) is 6.08 Å². The highest BCUT2D eigenvalue weighted by Gasteiger charge is 2.33. The molecule has 1 N–H and O–H groups in total. The van der Waals surface area contributed by atoms with E-state index in [9.17, 15) is 9.59 Å². The highest BCUT2D eigenvalue weighted by molar-refractivity contribution is 7.99. The number of nitrogens with zero attached hydrogens (tertiary/aromatic N) is 1. The third-order valence-electron chi connectivity index (χ3n) is 2.67. The second kappa shape index (κ2) is 5.73. The zero-order chi connectivity index (χ0) is 13.0. The average molecular weight is 263 g/mol. The fraction of sp³-hybridized carbons (Fsp3) is 0.231. The SMILES string of the molecule is O=C(O)C1CSCN1C(=O)/C=C/c1ccccc1. The zero-order valence-electron chi connectivity index (χ0n) is 9.65. The van der Waals surface area contributed by atoms with Gasteiger partial charge in [0.05, 0.1) is 5.88 Å². The first-order valence-electron chi connectivity index (χ1n) is 5.53. The molecule has 1 unspecified atom stereocenters. The molecule has 1 aromatic carbocycles. The normalized spacial score (nSPS) is 19.3. The molecule has 1 aromatic rings. The van der Waals surface area contributed by atoms with Gasteiger partial charge in [0, 0.05) is 11.8 Å². The molecule has 5 heteroatoms. The van der Waals surface area contributed by atoms with Crippen LogP contribution in [-0.4, -0.2) is 39.6 Å². The molecule has 0 saturated carbocycles. The van der Waals surface area contributed by atoms with Crippen molar-refractivity contribution < 1.29 is 14.7 Å². The fourth-order valence-corrected chi connectivity index (χ4v) is 2.85. The van der Waals surface area contributed by atoms with Crippen LogP contribution in [0.25, 0.3) is 6.08 Å². The summed E-state index contributed by atoms with van der Waals surface area (Å²) in [6.07, 6.45) is 3.13. The van der Waals surface area contributed by atoms with Crippen LogP contribution in [0.2, 0.25) is 0 Å². The van der Waals surface area contributed by atoms with Crippen molar-refractivity contribution in [3.63, 3.8) is 0 Å². The minimum Gasteiger partial charge on any atom is -0.480 e. The third-order valence-corrected chi connectivity index (χ3v) is 3.68. The van der Waals surface area contributed by atoms with Crippen LogP contribution < -0.4 is 0 Å². The van der Waals surface area contributed by atoms with Crippen molar-refractivity contribution in [2.24, 2.45) is 0 Å². The number of carbonyl (C=O) groups excluding carboxylic acids is 1. The first-order chi connectivity index (χ1) is 8.68. The van der Waals surface area contributed by atoms with E-state index in [4.69, 9.17) is 5.11 Å². The Morgan fingerprint density at radius 1 is 1.33 bits per heavy atom. The minimum atomic E-state index is -0.943. The second-order valence-electron chi connectivity index (χ2n) is 3.91. The van der Waals surface area contributed by atoms with Crippen LogP contribution >= 0.6 is 11.8 Å². The quantitative estimate of drug-likeness (QED) is 0.843. The van der Waals surface area contributed by atoms with Crippen molar-refractivity contribution in [2.75, 3.05) is 11.6 Å². The molecule has 1 amide bonds. The summed E-state index contributed by atoms with van der Waals surface area (Å²) in [7, 11) is 0. The standard InChI is InChI=1S/C13H13NO3S/c15-12(7-6-10-4-2-1-3-5-10)14-9-18-8-11(14)13(16)17/h1-7,11H,8-9H2,(H,16,17)/b7-6+. The van der Waals surface area contributed by atoms with Gasteiger partial charge in [0.1, 0.15) is 6.04 Å². The van der Waals surface area contributed by atoms with Gasteiger partial charge >= 0.3 is 5.97 Å². The number of benzene rings is 1. The van der Waals surface area contributed by atoms with Gasteiger partial charge in [-0.05, 0) is 11.6 Å². The number of amides is 1. The van der Waals surface area contributed by atoms with Crippen LogP contribution in [0.4, 0.5) is 0 Å². The van der Waals surface area contributed by atoms with E-state index in [0.717, 1.165) is 5.56 Å². The topological polar surface area (TPSA) is 57.6 Å². The number of thioether (sulfide) groups is 1. The van der Waals surface area contributed by atoms with Gasteiger partial charge in [0.25, 0.3) is 0 Å². The average Bonchev–Trinajstić information content (AvgIpc) is 2.86. The molecule has 0 aromatic heterocycles. The van der Waals surface area contributed by atoms with Crippen molar-refractivity contribution >= 4 is 29.7 Å². The van der Waals surface area contributed by atoms with Crippen LogP contribution in [-0.2, 0) is 9.59 Å². The van der Waals surface area contributed by atoms with Gasteiger partial charge in [-0.15, -0.1) is 11.8 Å². The zero-order valence-corrected chi connectivity index (χ0v) is 10.5. The second-order valence-corrected chi connectivity index (χ2v) is 4.91. The van der Waals surface area contributed by atoms with Crippen molar-refractivity contribution in [1.82, 2.24) is 4.90 Å². The summed E-state index contributed by atoms with van der Waals surface area (Å²) < 4.78 is 0. The maximum Gasteiger partial charge on any atom is 0.327 e. The maximum absolute atomic E-state index is 11.9. The van der Waals surface area contributed by atoms with Crippen LogP contribution in [0.1, 0.15) is 5.56 Å². The first kappa shape index (κ1) is 12.7. The van der Waals surface area contributed by atoms with E-state index in [0.29, 0.717) is 11.6 Å². The summed E-state index contributed by atoms with van der Waals surface area (Å²) in [6, 6.07) is 8.74. The summed E-state index contributed by atoms with van der Waals surface area (Å²) in [5, 5.41) is 8.99. The number of aliphatic carboxylic acids is 1. The van der Waals surface area contributed by atoms with E-state index < -0.39 is 12.0 Å². The Morgan fingerprint density at radius 2 is 2.06 bits per heavy atom. The molecule has 1 atom stereocenters. The summed E-state index contributed by atoms with van der Waals surface area (Å²) in [4.78, 5) is 24.2. The van der Waals surface area contributed by atoms with E-state index >= 15 is 0 Å². The van der Waals surface area contributed by atoms with E-state index in [-0.39, 0.29) is 5.91 Å². The molecular weight excluding hydrogens is 250 g/mol. The maximum atomic E-state index is 11.9. The number of carboxylic acid groups (broad SMARTS) is 1. The van der Waals surface area contributed by atoms with Gasteiger partial charge in [0.15, 0.2) is 0 Å². The van der Waals surface area contributed by atoms with Crippen molar-refractivity contribution in [2.45, 2.75) is 6.04 Å². The number of rotatable bonds is 3. The molecule has 0 spiro atoms. The third kappa shape index (κ3) is 2.92. The largest absolute Gasteiger partial charge is 0.480 e. The summed E-state index contributed by atoms with van der Waals surface area (Å²) in [5.74, 6) is -0.299. The van der Waals surface area contributed by atoms with Crippen LogP contribution in [0.15, 0.2) is 36.4 Å². The van der Waals surface area contributed by atoms with Gasteiger partial charge in [-0.25, -0.2) is 4.79 Å². The molecule has 18 heavy (non-hydrogen) atoms. The van der Waals surface area contributed by atoms with Crippen molar-refractivity contribution in [1.29, 1.82) is 0 Å². The van der Waals surface area contributed by atoms with Crippen molar-refractivity contribution in [3.05, 3.63) is 42.0 Å². The Labute approximate surface area is 109 Å². The summed E-state index contributed by atoms with van der Waals surface area (Å²) in [6.45, 7) is 0. The van der Waals surface area contributed by atoms with Crippen LogP contribution in [0, 0.1) is 0 Å². The Morgan fingerprint density at radius 3 is 2.72 bits per heavy atom. The minimum absolute atomic E-state index is 0.253. The highest BCUT2D eigenvalue weighted by Crippen LogP contribution is 2.21. The van der Waals surface area contributed by atoms with Gasteiger partial charge in [-0.3, -0.25) is 4.79 Å². The van der Waals surface area contributed by atoms with Crippen molar-refractivity contribution in [3.8, 4) is 0 Å². The monoisotopic (exact) mass is 263 g/mol. The molecule has 1 saturated heterocycles. The number of carbonyl (C=O) groups is 2. The number of carboxylic acids is 1. The molecule has 1 aliphatic heterocycles. The van der Waals surface area contributed by atoms with Crippen LogP contribution in [0.3, 0.4) is 0 Å². The molecule has 0 radical (unpaired) electrons. The van der Waals surface area contributed by atoms with Crippen LogP contribution in [0.5, 0.6) is 0 Å². The number of hydrogen-bond acceptors (Lipinski definition) is 3. The molecule has 4 nitrogen and oxygen atoms in total. The lowest BCUT2D eigenvalue weighted by molar-refractivity contribution is -0.146. The molecule has 2 rings (SSSR count). The summed E-state index contributed by atoms with van der Waals surface area (Å²) in [5.41, 5.74) is 0.921.